The molecule has 0 saturated carbocycles. The zero-order valence-corrected chi connectivity index (χ0v) is 16.0. The van der Waals surface area contributed by atoms with Gasteiger partial charge in [0.25, 0.3) is 5.91 Å². The van der Waals surface area contributed by atoms with E-state index >= 15 is 0 Å². The van der Waals surface area contributed by atoms with Crippen molar-refractivity contribution in [2.24, 2.45) is 0 Å². The third-order valence-corrected chi connectivity index (χ3v) is 4.81. The van der Waals surface area contributed by atoms with Crippen LogP contribution in [0, 0.1) is 0 Å². The molecule has 0 aliphatic heterocycles. The number of fused-ring (bicyclic) bond motifs is 1. The quantitative estimate of drug-likeness (QED) is 0.598. The number of aromatic nitrogens is 1. The van der Waals surface area contributed by atoms with Crippen LogP contribution in [0.4, 0.5) is 5.13 Å². The van der Waals surface area contributed by atoms with Crippen LogP contribution in [0.2, 0.25) is 0 Å². The van der Waals surface area contributed by atoms with Crippen molar-refractivity contribution in [2.75, 3.05) is 19.0 Å². The number of ether oxygens (including phenoxy) is 1. The maximum atomic E-state index is 12.3. The Morgan fingerprint density at radius 2 is 1.89 bits per heavy atom. The molecule has 28 heavy (non-hydrogen) atoms. The van der Waals surface area contributed by atoms with E-state index in [4.69, 9.17) is 0 Å². The minimum Gasteiger partial charge on any atom is -0.469 e. The summed E-state index contributed by atoms with van der Waals surface area (Å²) in [6.07, 6.45) is 0.177. The zero-order chi connectivity index (χ0) is 19.9. The van der Waals surface area contributed by atoms with Crippen molar-refractivity contribution in [1.29, 1.82) is 0 Å². The van der Waals surface area contributed by atoms with Crippen molar-refractivity contribution in [1.82, 2.24) is 10.3 Å². The number of carbonyl (C=O) groups excluding carboxylic acids is 3. The zero-order valence-electron chi connectivity index (χ0n) is 15.2. The first-order valence-electron chi connectivity index (χ1n) is 8.63. The number of hydrogen-bond donors (Lipinski definition) is 2. The summed E-state index contributed by atoms with van der Waals surface area (Å²) in [5, 5.41) is 9.54. The van der Waals surface area contributed by atoms with Gasteiger partial charge < -0.3 is 15.4 Å². The smallest absolute Gasteiger partial charge is 0.311 e. The number of esters is 1. The summed E-state index contributed by atoms with van der Waals surface area (Å²) in [7, 11) is 1.31. The van der Waals surface area contributed by atoms with Gasteiger partial charge in [-0.2, -0.15) is 0 Å². The van der Waals surface area contributed by atoms with Gasteiger partial charge in [0.2, 0.25) is 5.91 Å². The molecule has 2 aromatic carbocycles. The molecule has 1 heterocycles. The highest BCUT2D eigenvalue weighted by atomic mass is 32.1. The van der Waals surface area contributed by atoms with E-state index in [1.54, 1.807) is 11.4 Å². The Kier molecular flexibility index (Phi) is 6.33. The van der Waals surface area contributed by atoms with E-state index in [2.05, 4.69) is 20.4 Å². The minimum atomic E-state index is -0.389. The van der Waals surface area contributed by atoms with Crippen molar-refractivity contribution < 1.29 is 19.1 Å². The van der Waals surface area contributed by atoms with Crippen LogP contribution in [0.15, 0.2) is 47.8 Å². The standard InChI is InChI=1S/C20H19N3O4S/c1-27-18(25)11-16-12-28-20(22-16)23-17(24)8-9-21-19(26)15-7-6-13-4-2-3-5-14(13)10-15/h2-7,10,12H,8-9,11H2,1H3,(H,21,26)(H,22,23,24). The Morgan fingerprint density at radius 1 is 1.11 bits per heavy atom. The highest BCUT2D eigenvalue weighted by molar-refractivity contribution is 7.13. The number of nitrogens with one attached hydrogen (secondary N) is 2. The molecule has 3 aromatic rings. The summed E-state index contributed by atoms with van der Waals surface area (Å²) in [5.41, 5.74) is 1.09. The molecule has 8 heteroatoms. The normalized spacial score (nSPS) is 10.5. The third kappa shape index (κ3) is 5.14. The molecule has 144 valence electrons. The Labute approximate surface area is 165 Å². The second-order valence-corrected chi connectivity index (χ2v) is 6.87. The van der Waals surface area contributed by atoms with Crippen molar-refractivity contribution in [3.63, 3.8) is 0 Å². The first kappa shape index (κ1) is 19.5. The molecule has 3 rings (SSSR count). The molecule has 2 N–H and O–H groups in total. The average Bonchev–Trinajstić information content (AvgIpc) is 3.13. The lowest BCUT2D eigenvalue weighted by atomic mass is 10.1. The van der Waals surface area contributed by atoms with E-state index in [1.807, 2.05) is 36.4 Å². The molecule has 0 radical (unpaired) electrons. The van der Waals surface area contributed by atoms with E-state index in [0.29, 0.717) is 16.4 Å². The van der Waals surface area contributed by atoms with Gasteiger partial charge in [-0.05, 0) is 22.9 Å². The molecule has 0 atom stereocenters. The van der Waals surface area contributed by atoms with Crippen molar-refractivity contribution in [3.05, 3.63) is 59.1 Å². The summed E-state index contributed by atoms with van der Waals surface area (Å²) in [5.74, 6) is -0.884. The second-order valence-electron chi connectivity index (χ2n) is 6.01. The maximum Gasteiger partial charge on any atom is 0.311 e. The number of amides is 2. The fourth-order valence-corrected chi connectivity index (χ4v) is 3.30. The predicted molar refractivity (Wildman–Crippen MR) is 107 cm³/mol. The number of methoxy groups -OCH3 is 1. The Balaban J connectivity index is 1.46. The highest BCUT2D eigenvalue weighted by Crippen LogP contribution is 2.17. The van der Waals surface area contributed by atoms with Gasteiger partial charge in [0.1, 0.15) is 0 Å². The average molecular weight is 397 g/mol. The van der Waals surface area contributed by atoms with Crippen LogP contribution in [-0.2, 0) is 20.7 Å². The molecule has 7 nitrogen and oxygen atoms in total. The topological polar surface area (TPSA) is 97.4 Å². The first-order chi connectivity index (χ1) is 13.5. The molecule has 0 bridgehead atoms. The number of hydrogen-bond acceptors (Lipinski definition) is 6. The molecule has 1 aromatic heterocycles. The maximum absolute atomic E-state index is 12.3. The van der Waals surface area contributed by atoms with Crippen LogP contribution in [0.3, 0.4) is 0 Å². The molecule has 0 aliphatic rings. The fraction of sp³-hybridized carbons (Fsp3) is 0.200. The number of thiazole rings is 1. The summed E-state index contributed by atoms with van der Waals surface area (Å²) < 4.78 is 4.58. The lowest BCUT2D eigenvalue weighted by Gasteiger charge is -2.06. The number of rotatable bonds is 7. The fourth-order valence-electron chi connectivity index (χ4n) is 2.57. The number of anilines is 1. The first-order valence-corrected chi connectivity index (χ1v) is 9.51. The predicted octanol–water partition coefficient (Wildman–Crippen LogP) is 2.77. The summed E-state index contributed by atoms with van der Waals surface area (Å²) in [6, 6.07) is 13.3. The Bertz CT molecular complexity index is 1020. The number of nitrogens with zero attached hydrogens (tertiary/aromatic N) is 1. The second kappa shape index (κ2) is 9.09. The van der Waals surface area contributed by atoms with Crippen LogP contribution in [0.1, 0.15) is 22.5 Å². The van der Waals surface area contributed by atoms with Gasteiger partial charge in [-0.25, -0.2) is 4.98 Å². The van der Waals surface area contributed by atoms with Gasteiger partial charge in [0.15, 0.2) is 5.13 Å². The van der Waals surface area contributed by atoms with Crippen LogP contribution in [0.25, 0.3) is 10.8 Å². The lowest BCUT2D eigenvalue weighted by molar-refractivity contribution is -0.139. The van der Waals surface area contributed by atoms with Crippen LogP contribution < -0.4 is 10.6 Å². The highest BCUT2D eigenvalue weighted by Gasteiger charge is 2.11. The lowest BCUT2D eigenvalue weighted by Crippen LogP contribution is -2.27. The summed E-state index contributed by atoms with van der Waals surface area (Å²) in [6.45, 7) is 0.206. The SMILES string of the molecule is COC(=O)Cc1csc(NC(=O)CCNC(=O)c2ccc3ccccc3c2)n1. The molecule has 0 unspecified atom stereocenters. The number of benzene rings is 2. The molecule has 0 saturated heterocycles. The van der Waals surface area contributed by atoms with Crippen molar-refractivity contribution in [3.8, 4) is 0 Å². The van der Waals surface area contributed by atoms with Gasteiger partial charge in [-0.15, -0.1) is 11.3 Å². The van der Waals surface area contributed by atoms with Gasteiger partial charge >= 0.3 is 5.97 Å². The monoisotopic (exact) mass is 397 g/mol. The van der Waals surface area contributed by atoms with E-state index in [1.165, 1.54) is 18.4 Å². The van der Waals surface area contributed by atoms with E-state index < -0.39 is 0 Å². The van der Waals surface area contributed by atoms with E-state index in [0.717, 1.165) is 10.8 Å². The summed E-state index contributed by atoms with van der Waals surface area (Å²) in [4.78, 5) is 39.6. The minimum absolute atomic E-state index is 0.0602. The molecule has 0 spiro atoms. The van der Waals surface area contributed by atoms with Gasteiger partial charge in [-0.3, -0.25) is 14.4 Å². The molecule has 0 fully saturated rings. The number of carbonyl (C=O) groups is 3. The van der Waals surface area contributed by atoms with E-state index in [-0.39, 0.29) is 37.2 Å². The van der Waals surface area contributed by atoms with Crippen LogP contribution in [-0.4, -0.2) is 36.4 Å². The molecule has 2 amide bonds. The van der Waals surface area contributed by atoms with Crippen molar-refractivity contribution >= 4 is 45.0 Å². The van der Waals surface area contributed by atoms with Gasteiger partial charge in [0.05, 0.1) is 19.2 Å². The summed E-state index contributed by atoms with van der Waals surface area (Å²) >= 11 is 1.23. The Morgan fingerprint density at radius 3 is 2.68 bits per heavy atom. The van der Waals surface area contributed by atoms with Crippen LogP contribution >= 0.6 is 11.3 Å². The third-order valence-electron chi connectivity index (χ3n) is 4.00. The molecular weight excluding hydrogens is 378 g/mol. The Hall–Kier alpha value is -3.26. The van der Waals surface area contributed by atoms with Gasteiger partial charge in [0, 0.05) is 23.9 Å². The molecule has 0 aliphatic carbocycles. The van der Waals surface area contributed by atoms with Crippen molar-refractivity contribution in [2.45, 2.75) is 12.8 Å². The largest absolute Gasteiger partial charge is 0.469 e. The van der Waals surface area contributed by atoms with Crippen LogP contribution in [0.5, 0.6) is 0 Å². The molecular formula is C20H19N3O4S. The van der Waals surface area contributed by atoms with E-state index in [9.17, 15) is 14.4 Å². The van der Waals surface area contributed by atoms with Gasteiger partial charge in [-0.1, -0.05) is 30.3 Å².